The van der Waals surface area contributed by atoms with Crippen LogP contribution in [-0.2, 0) is 22.6 Å². The summed E-state index contributed by atoms with van der Waals surface area (Å²) in [5.74, 6) is 0.188. The van der Waals surface area contributed by atoms with Crippen LogP contribution < -0.4 is 18.9 Å². The largest absolute Gasteiger partial charge is 0.606 e. The minimum atomic E-state index is -1.82. The Morgan fingerprint density at radius 1 is 0.833 bits per heavy atom. The molecule has 4 rings (SSSR count). The van der Waals surface area contributed by atoms with Gasteiger partial charge in [0.15, 0.2) is 21.3 Å². The van der Waals surface area contributed by atoms with Gasteiger partial charge in [0.05, 0.1) is 29.7 Å². The van der Waals surface area contributed by atoms with Gasteiger partial charge in [-0.1, -0.05) is 65.7 Å². The van der Waals surface area contributed by atoms with Crippen LogP contribution >= 0.6 is 23.2 Å². The van der Waals surface area contributed by atoms with Crippen LogP contribution in [-0.4, -0.2) is 24.7 Å². The van der Waals surface area contributed by atoms with Crippen LogP contribution in [0.15, 0.2) is 76.5 Å². The molecule has 36 heavy (non-hydrogen) atoms. The van der Waals surface area contributed by atoms with E-state index < -0.39 is 17.1 Å². The van der Waals surface area contributed by atoms with Crippen molar-refractivity contribution in [3.8, 4) is 23.0 Å². The summed E-state index contributed by atoms with van der Waals surface area (Å²) < 4.78 is 37.0. The molecule has 9 heteroatoms. The lowest BCUT2D eigenvalue weighted by molar-refractivity contribution is -0.131. The van der Waals surface area contributed by atoms with E-state index in [0.717, 1.165) is 5.56 Å². The van der Waals surface area contributed by atoms with E-state index in [9.17, 15) is 9.35 Å². The fourth-order valence-corrected chi connectivity index (χ4v) is 5.92. The van der Waals surface area contributed by atoms with Crippen LogP contribution in [0.25, 0.3) is 10.8 Å². The molecule has 1 atom stereocenters. The molecule has 6 nitrogen and oxygen atoms in total. The van der Waals surface area contributed by atoms with E-state index in [1.54, 1.807) is 36.4 Å². The minimum absolute atomic E-state index is 0.119. The molecule has 0 heterocycles. The quantitative estimate of drug-likeness (QED) is 0.137. The van der Waals surface area contributed by atoms with Crippen LogP contribution in [0.5, 0.6) is 23.0 Å². The van der Waals surface area contributed by atoms with Gasteiger partial charge in [0.25, 0.3) is 0 Å². The van der Waals surface area contributed by atoms with Gasteiger partial charge in [-0.05, 0) is 29.8 Å². The summed E-state index contributed by atoms with van der Waals surface area (Å²) in [5, 5.41) is 1.37. The Kier molecular flexibility index (Phi) is 8.16. The van der Waals surface area contributed by atoms with Gasteiger partial charge < -0.3 is 23.5 Å². The number of fused-ring (bicyclic) bond motifs is 1. The molecule has 0 fully saturated rings. The van der Waals surface area contributed by atoms with E-state index in [-0.39, 0.29) is 44.5 Å². The zero-order valence-corrected chi connectivity index (χ0v) is 22.0. The minimum Gasteiger partial charge on any atom is -0.606 e. The summed E-state index contributed by atoms with van der Waals surface area (Å²) in [6.45, 7) is 1.47. The summed E-state index contributed by atoms with van der Waals surface area (Å²) in [7, 11) is 2.88. The molecule has 4 aromatic carbocycles. The SMILES string of the molecule is COc1c(OC)c(OCc2ccccc2)c2c([S+]([O-])c3c(Cl)cccc3Cl)cccc2c1OC(C)=O. The Morgan fingerprint density at radius 3 is 2.06 bits per heavy atom. The van der Waals surface area contributed by atoms with Gasteiger partial charge >= 0.3 is 5.97 Å². The second-order valence-electron chi connectivity index (χ2n) is 7.59. The van der Waals surface area contributed by atoms with Crippen LogP contribution in [0, 0.1) is 0 Å². The highest BCUT2D eigenvalue weighted by atomic mass is 35.5. The number of esters is 1. The number of benzene rings is 4. The van der Waals surface area contributed by atoms with Gasteiger partial charge in [-0.25, -0.2) is 0 Å². The van der Waals surface area contributed by atoms with Crippen LogP contribution in [0.2, 0.25) is 10.0 Å². The van der Waals surface area contributed by atoms with Crippen LogP contribution in [0.1, 0.15) is 12.5 Å². The van der Waals surface area contributed by atoms with Gasteiger partial charge in [0.2, 0.25) is 11.5 Å². The number of carbonyl (C=O) groups excluding carboxylic acids is 1. The van der Waals surface area contributed by atoms with Crippen LogP contribution in [0.3, 0.4) is 0 Å². The monoisotopic (exact) mass is 544 g/mol. The summed E-state index contributed by atoms with van der Waals surface area (Å²) in [6.07, 6.45) is 0. The molecule has 186 valence electrons. The first-order chi connectivity index (χ1) is 17.4. The van der Waals surface area contributed by atoms with Crippen molar-refractivity contribution >= 4 is 51.1 Å². The average Bonchev–Trinajstić information content (AvgIpc) is 2.87. The maximum absolute atomic E-state index is 13.9. The molecular formula is C27H22Cl2O6S. The van der Waals surface area contributed by atoms with Crippen molar-refractivity contribution in [3.63, 3.8) is 0 Å². The molecule has 1 unspecified atom stereocenters. The topological polar surface area (TPSA) is 77.1 Å². The summed E-state index contributed by atoms with van der Waals surface area (Å²) in [6, 6.07) is 19.6. The van der Waals surface area contributed by atoms with E-state index in [0.29, 0.717) is 15.7 Å². The Hall–Kier alpha value is -3.10. The van der Waals surface area contributed by atoms with Gasteiger partial charge in [0.1, 0.15) is 6.61 Å². The van der Waals surface area contributed by atoms with Crippen molar-refractivity contribution in [2.75, 3.05) is 14.2 Å². The van der Waals surface area contributed by atoms with Crippen molar-refractivity contribution in [2.45, 2.75) is 23.3 Å². The maximum Gasteiger partial charge on any atom is 0.308 e. The lowest BCUT2D eigenvalue weighted by Gasteiger charge is -2.22. The third kappa shape index (κ3) is 5.06. The van der Waals surface area contributed by atoms with Crippen molar-refractivity contribution in [1.82, 2.24) is 0 Å². The van der Waals surface area contributed by atoms with Crippen LogP contribution in [0.4, 0.5) is 0 Å². The number of halogens is 2. The lowest BCUT2D eigenvalue weighted by atomic mass is 10.1. The zero-order valence-electron chi connectivity index (χ0n) is 19.7. The molecule has 0 bridgehead atoms. The van der Waals surface area contributed by atoms with E-state index in [4.69, 9.17) is 42.1 Å². The van der Waals surface area contributed by atoms with Crippen molar-refractivity contribution in [1.29, 1.82) is 0 Å². The molecule has 0 radical (unpaired) electrons. The summed E-state index contributed by atoms with van der Waals surface area (Å²) in [4.78, 5) is 12.6. The van der Waals surface area contributed by atoms with Crippen molar-refractivity contribution in [2.24, 2.45) is 0 Å². The molecule has 0 spiro atoms. The number of rotatable bonds is 8. The standard InChI is InChI=1S/C27H22Cl2O6S/c1-16(30)35-23-18-11-7-14-21(36(31)27-19(28)12-8-13-20(27)29)22(18)24(26(33-3)25(23)32-2)34-15-17-9-5-4-6-10-17/h4-14H,15H2,1-3H3. The third-order valence-electron chi connectivity index (χ3n) is 5.30. The zero-order chi connectivity index (χ0) is 25.8. The summed E-state index contributed by atoms with van der Waals surface area (Å²) >= 11 is 11.0. The van der Waals surface area contributed by atoms with Crippen molar-refractivity contribution in [3.05, 3.63) is 82.3 Å². The number of hydrogen-bond donors (Lipinski definition) is 0. The molecule has 0 amide bonds. The van der Waals surface area contributed by atoms with E-state index in [1.165, 1.54) is 21.1 Å². The van der Waals surface area contributed by atoms with Gasteiger partial charge in [0, 0.05) is 23.5 Å². The Bertz CT molecular complexity index is 1390. The molecule has 0 aliphatic heterocycles. The first kappa shape index (κ1) is 26.0. The second-order valence-corrected chi connectivity index (χ2v) is 9.79. The van der Waals surface area contributed by atoms with Crippen molar-refractivity contribution < 1.29 is 28.3 Å². The fourth-order valence-electron chi connectivity index (χ4n) is 3.80. The molecule has 0 aliphatic carbocycles. The number of carbonyl (C=O) groups is 1. The van der Waals surface area contributed by atoms with Gasteiger partial charge in [-0.3, -0.25) is 4.79 Å². The van der Waals surface area contributed by atoms with Gasteiger partial charge in [-0.15, -0.1) is 0 Å². The normalized spacial score (nSPS) is 11.7. The Balaban J connectivity index is 2.03. The molecule has 0 aliphatic rings. The number of methoxy groups -OCH3 is 2. The second kappa shape index (κ2) is 11.3. The fraction of sp³-hybridized carbons (Fsp3) is 0.148. The third-order valence-corrected chi connectivity index (χ3v) is 7.71. The highest BCUT2D eigenvalue weighted by Gasteiger charge is 2.32. The molecule has 0 aromatic heterocycles. The van der Waals surface area contributed by atoms with E-state index in [2.05, 4.69) is 0 Å². The van der Waals surface area contributed by atoms with Gasteiger partial charge in [-0.2, -0.15) is 0 Å². The smallest absolute Gasteiger partial charge is 0.308 e. The first-order valence-electron chi connectivity index (χ1n) is 10.8. The predicted octanol–water partition coefficient (Wildman–Crippen LogP) is 6.83. The van der Waals surface area contributed by atoms with E-state index >= 15 is 0 Å². The Morgan fingerprint density at radius 2 is 1.44 bits per heavy atom. The average molecular weight is 545 g/mol. The summed E-state index contributed by atoms with van der Waals surface area (Å²) in [5.41, 5.74) is 0.906. The first-order valence-corrected chi connectivity index (χ1v) is 12.7. The number of hydrogen-bond acceptors (Lipinski definition) is 6. The predicted molar refractivity (Wildman–Crippen MR) is 140 cm³/mol. The maximum atomic E-state index is 13.9. The highest BCUT2D eigenvalue weighted by Crippen LogP contribution is 2.53. The Labute approximate surface area is 221 Å². The highest BCUT2D eigenvalue weighted by molar-refractivity contribution is 7.92. The molecule has 0 saturated carbocycles. The molecular weight excluding hydrogens is 523 g/mol. The van der Waals surface area contributed by atoms with E-state index in [1.807, 2.05) is 30.3 Å². The number of ether oxygens (including phenoxy) is 4. The lowest BCUT2D eigenvalue weighted by Crippen LogP contribution is -2.10. The molecule has 0 N–H and O–H groups in total. The molecule has 0 saturated heterocycles. The molecule has 4 aromatic rings.